The first-order valence-corrected chi connectivity index (χ1v) is 12.5. The molecule has 1 saturated heterocycles. The highest BCUT2D eigenvalue weighted by atomic mass is 19.3. The summed E-state index contributed by atoms with van der Waals surface area (Å²) in [6, 6.07) is 12.9. The predicted molar refractivity (Wildman–Crippen MR) is 135 cm³/mol. The van der Waals surface area contributed by atoms with Gasteiger partial charge in [-0.3, -0.25) is 9.59 Å². The first-order chi connectivity index (χ1) is 17.7. The molecule has 0 aliphatic carbocycles. The zero-order valence-electron chi connectivity index (χ0n) is 21.1. The zero-order valence-corrected chi connectivity index (χ0v) is 21.1. The molecule has 2 N–H and O–H groups in total. The Kier molecular flexibility index (Phi) is 8.33. The highest BCUT2D eigenvalue weighted by Crippen LogP contribution is 2.32. The molecular formula is C28H32F2N4O3. The van der Waals surface area contributed by atoms with Gasteiger partial charge in [0.25, 0.3) is 17.7 Å². The normalized spacial score (nSPS) is 15.7. The molecule has 7 nitrogen and oxygen atoms in total. The Morgan fingerprint density at radius 2 is 1.92 bits per heavy atom. The molecule has 1 atom stereocenters. The number of amides is 2. The first-order valence-electron chi connectivity index (χ1n) is 12.5. The van der Waals surface area contributed by atoms with Gasteiger partial charge >= 0.3 is 0 Å². The molecule has 2 amide bonds. The van der Waals surface area contributed by atoms with Crippen molar-refractivity contribution < 1.29 is 22.8 Å². The number of alkyl halides is 2. The molecule has 37 heavy (non-hydrogen) atoms. The van der Waals surface area contributed by atoms with Gasteiger partial charge in [0, 0.05) is 43.2 Å². The van der Waals surface area contributed by atoms with Crippen molar-refractivity contribution >= 4 is 11.8 Å². The Bertz CT molecular complexity index is 1240. The number of likely N-dealkylation sites (tertiary alicyclic amines) is 1. The fraction of sp³-hybridized carbons (Fsp3) is 0.393. The van der Waals surface area contributed by atoms with E-state index in [0.717, 1.165) is 31.0 Å². The Morgan fingerprint density at radius 3 is 2.68 bits per heavy atom. The quantitative estimate of drug-likeness (QED) is 0.376. The van der Waals surface area contributed by atoms with Gasteiger partial charge in [-0.15, -0.1) is 0 Å². The number of benzene rings is 2. The van der Waals surface area contributed by atoms with Gasteiger partial charge in [0.15, 0.2) is 0 Å². The van der Waals surface area contributed by atoms with Crippen molar-refractivity contribution in [2.24, 2.45) is 0 Å². The van der Waals surface area contributed by atoms with E-state index in [2.05, 4.69) is 15.6 Å². The maximum absolute atomic E-state index is 13.5. The molecule has 2 aromatic carbocycles. The van der Waals surface area contributed by atoms with Crippen LogP contribution >= 0.6 is 0 Å². The molecule has 0 bridgehead atoms. The Balaban J connectivity index is 1.25. The van der Waals surface area contributed by atoms with Crippen molar-refractivity contribution in [2.45, 2.75) is 51.6 Å². The summed E-state index contributed by atoms with van der Waals surface area (Å²) in [5, 5.41) is 6.08. The van der Waals surface area contributed by atoms with E-state index in [0.29, 0.717) is 49.6 Å². The minimum absolute atomic E-state index is 0.00671. The largest absolute Gasteiger partial charge is 0.446 e. The molecule has 0 spiro atoms. The van der Waals surface area contributed by atoms with Gasteiger partial charge in [-0.1, -0.05) is 24.3 Å². The number of hydrogen-bond donors (Lipinski definition) is 2. The van der Waals surface area contributed by atoms with Gasteiger partial charge in [0.05, 0.1) is 5.69 Å². The number of halogens is 2. The third-order valence-electron chi connectivity index (χ3n) is 6.39. The average molecular weight is 511 g/mol. The fourth-order valence-corrected chi connectivity index (χ4v) is 4.46. The molecule has 1 aliphatic rings. The third-order valence-corrected chi connectivity index (χ3v) is 6.39. The number of nitrogens with one attached hydrogen (secondary N) is 2. The lowest BCUT2D eigenvalue weighted by Gasteiger charge is -2.22. The number of nitrogens with zero attached hydrogens (tertiary/aromatic N) is 2. The van der Waals surface area contributed by atoms with Gasteiger partial charge in [0.1, 0.15) is 12.3 Å². The maximum Gasteiger partial charge on any atom is 0.270 e. The summed E-state index contributed by atoms with van der Waals surface area (Å²) in [7, 11) is 0. The van der Waals surface area contributed by atoms with E-state index in [4.69, 9.17) is 4.42 Å². The number of oxazole rings is 1. The van der Waals surface area contributed by atoms with Crippen molar-refractivity contribution in [2.75, 3.05) is 19.6 Å². The van der Waals surface area contributed by atoms with Crippen molar-refractivity contribution in [3.05, 3.63) is 88.6 Å². The fourth-order valence-electron chi connectivity index (χ4n) is 4.46. The number of carbonyl (C=O) groups excluding carboxylic acids is 2. The minimum atomic E-state index is -2.87. The second-order valence-corrected chi connectivity index (χ2v) is 9.44. The third kappa shape index (κ3) is 6.80. The monoisotopic (exact) mass is 510 g/mol. The van der Waals surface area contributed by atoms with E-state index in [1.807, 2.05) is 6.92 Å². The lowest BCUT2D eigenvalue weighted by molar-refractivity contribution is 0.0174. The molecular weight excluding hydrogens is 478 g/mol. The molecule has 1 unspecified atom stereocenters. The van der Waals surface area contributed by atoms with Crippen LogP contribution in [-0.4, -0.2) is 41.3 Å². The molecule has 9 heteroatoms. The molecule has 2 heterocycles. The van der Waals surface area contributed by atoms with Crippen LogP contribution in [-0.2, 0) is 12.5 Å². The first kappa shape index (κ1) is 26.5. The summed E-state index contributed by atoms with van der Waals surface area (Å²) in [4.78, 5) is 32.0. The van der Waals surface area contributed by atoms with Crippen molar-refractivity contribution in [3.8, 4) is 0 Å². The summed E-state index contributed by atoms with van der Waals surface area (Å²) in [5.41, 5.74) is 2.41. The molecule has 1 aliphatic heterocycles. The van der Waals surface area contributed by atoms with Crippen LogP contribution in [0.3, 0.4) is 0 Å². The predicted octanol–water partition coefficient (Wildman–Crippen LogP) is 4.98. The summed E-state index contributed by atoms with van der Waals surface area (Å²) < 4.78 is 32.5. The van der Waals surface area contributed by atoms with Crippen molar-refractivity contribution in [1.29, 1.82) is 0 Å². The molecule has 196 valence electrons. The van der Waals surface area contributed by atoms with E-state index >= 15 is 0 Å². The molecule has 4 rings (SSSR count). The molecule has 3 aromatic rings. The second kappa shape index (κ2) is 11.6. The van der Waals surface area contributed by atoms with Gasteiger partial charge in [0.2, 0.25) is 5.89 Å². The van der Waals surface area contributed by atoms with Crippen LogP contribution in [0.2, 0.25) is 0 Å². The number of rotatable bonds is 10. The number of aromatic nitrogens is 1. The summed E-state index contributed by atoms with van der Waals surface area (Å²) in [6.07, 6.45) is 3.90. The Hall–Kier alpha value is -3.59. The van der Waals surface area contributed by atoms with Crippen LogP contribution in [0.25, 0.3) is 0 Å². The van der Waals surface area contributed by atoms with Gasteiger partial charge in [-0.25, -0.2) is 13.8 Å². The molecule has 1 aromatic heterocycles. The number of aryl methyl sites for hydroxylation is 1. The second-order valence-electron chi connectivity index (χ2n) is 9.44. The Labute approximate surface area is 215 Å². The number of hydrogen-bond acceptors (Lipinski definition) is 5. The van der Waals surface area contributed by atoms with Crippen LogP contribution in [0.5, 0.6) is 0 Å². The smallest absolute Gasteiger partial charge is 0.270 e. The van der Waals surface area contributed by atoms with Crippen LogP contribution in [0.4, 0.5) is 8.78 Å². The van der Waals surface area contributed by atoms with Crippen molar-refractivity contribution in [3.63, 3.8) is 0 Å². The van der Waals surface area contributed by atoms with Crippen LogP contribution in [0, 0.1) is 6.92 Å². The molecule has 1 fully saturated rings. The van der Waals surface area contributed by atoms with Crippen molar-refractivity contribution in [1.82, 2.24) is 20.5 Å². The van der Waals surface area contributed by atoms with Crippen LogP contribution < -0.4 is 10.6 Å². The average Bonchev–Trinajstić information content (AvgIpc) is 3.54. The number of carbonyl (C=O) groups is 2. The van der Waals surface area contributed by atoms with E-state index in [-0.39, 0.29) is 23.4 Å². The lowest BCUT2D eigenvalue weighted by Crippen LogP contribution is -2.31. The zero-order chi connectivity index (χ0) is 26.4. The van der Waals surface area contributed by atoms with Crippen LogP contribution in [0.15, 0.2) is 59.2 Å². The van der Waals surface area contributed by atoms with Gasteiger partial charge in [-0.05, 0) is 62.6 Å². The molecule has 0 saturated carbocycles. The van der Waals surface area contributed by atoms with E-state index in [1.54, 1.807) is 47.6 Å². The highest BCUT2D eigenvalue weighted by Gasteiger charge is 2.34. The van der Waals surface area contributed by atoms with Gasteiger partial charge in [-0.2, -0.15) is 0 Å². The van der Waals surface area contributed by atoms with E-state index in [9.17, 15) is 18.4 Å². The van der Waals surface area contributed by atoms with E-state index < -0.39 is 5.92 Å². The summed E-state index contributed by atoms with van der Waals surface area (Å²) >= 11 is 0. The SMILES string of the molecule is Cc1coc(C2CCCN2C(=O)c2cccc(C(=O)NCCCNCc3cccc(C(C)(F)F)c3)c2)n1. The Morgan fingerprint density at radius 1 is 1.14 bits per heavy atom. The minimum Gasteiger partial charge on any atom is -0.446 e. The molecule has 0 radical (unpaired) electrons. The lowest BCUT2D eigenvalue weighted by atomic mass is 10.1. The topological polar surface area (TPSA) is 87.5 Å². The van der Waals surface area contributed by atoms with Crippen LogP contribution in [0.1, 0.15) is 75.7 Å². The highest BCUT2D eigenvalue weighted by molar-refractivity contribution is 5.99. The van der Waals surface area contributed by atoms with Gasteiger partial charge < -0.3 is 20.0 Å². The summed E-state index contributed by atoms with van der Waals surface area (Å²) in [5.74, 6) is -2.73. The standard InChI is InChI=1S/C28H32F2N4O3/c1-19-18-37-26(33-19)24-11-5-14-34(24)27(36)22-9-4-8-21(16-22)25(35)32-13-6-12-31-17-20-7-3-10-23(15-20)28(2,29)30/h3-4,7-10,15-16,18,24,31H,5-6,11-14,17H2,1-2H3,(H,32,35). The maximum atomic E-state index is 13.5. The summed E-state index contributed by atoms with van der Waals surface area (Å²) in [6.45, 7) is 4.86. The van der Waals surface area contributed by atoms with E-state index in [1.165, 1.54) is 12.1 Å².